The van der Waals surface area contributed by atoms with Gasteiger partial charge in [0.1, 0.15) is 0 Å². The predicted octanol–water partition coefficient (Wildman–Crippen LogP) is 5.41. The average Bonchev–Trinajstić information content (AvgIpc) is 2.10. The summed E-state index contributed by atoms with van der Waals surface area (Å²) in [6.07, 6.45) is 1.38. The van der Waals surface area contributed by atoms with Crippen molar-refractivity contribution in [2.45, 2.75) is 72.2 Å². The minimum Gasteiger partial charge on any atom is -0.116 e. The van der Waals surface area contributed by atoms with Crippen LogP contribution < -0.4 is 0 Å². The average molecular weight is 348 g/mol. The van der Waals surface area contributed by atoms with Gasteiger partial charge in [0.25, 0.3) is 0 Å². The Balaban J connectivity index is 2.72. The number of alkyl halides is 1. The van der Waals surface area contributed by atoms with Gasteiger partial charge < -0.3 is 0 Å². The minimum atomic E-state index is 0.196. The van der Waals surface area contributed by atoms with Crippen LogP contribution in [0, 0.1) is 21.7 Å². The van der Waals surface area contributed by atoms with Crippen LogP contribution >= 0.6 is 20.7 Å². The lowest BCUT2D eigenvalue weighted by Crippen LogP contribution is -2.73. The van der Waals surface area contributed by atoms with Crippen LogP contribution in [0.1, 0.15) is 68.7 Å². The molecule has 2 aliphatic rings. The van der Waals surface area contributed by atoms with Gasteiger partial charge >= 0.3 is 0 Å². The van der Waals surface area contributed by atoms with Crippen LogP contribution in [0.15, 0.2) is 0 Å². The summed E-state index contributed by atoms with van der Waals surface area (Å²) in [5.41, 5.74) is 1.87. The molecule has 0 N–H and O–H groups in total. The topological polar surface area (TPSA) is 0 Å². The summed E-state index contributed by atoms with van der Waals surface area (Å²) in [7, 11) is 0. The van der Waals surface area contributed by atoms with Crippen LogP contribution in [0.5, 0.6) is 0 Å². The van der Waals surface area contributed by atoms with Crippen LogP contribution in [0.3, 0.4) is 0 Å². The molecule has 17 heavy (non-hydrogen) atoms. The van der Waals surface area contributed by atoms with E-state index in [-0.39, 0.29) is 20.7 Å². The zero-order chi connectivity index (χ0) is 13.5. The van der Waals surface area contributed by atoms with Gasteiger partial charge in [0.15, 0.2) is 0 Å². The fraction of sp³-hybridized carbons (Fsp3) is 0.938. The molecule has 0 nitrogen and oxygen atoms in total. The Labute approximate surface area is 118 Å². The van der Waals surface area contributed by atoms with Gasteiger partial charge in [-0.2, -0.15) is 0 Å². The van der Waals surface area contributed by atoms with Crippen LogP contribution in [0.4, 0.5) is 0 Å². The van der Waals surface area contributed by atoms with Gasteiger partial charge in [-0.15, -0.1) is 20.7 Å². The summed E-state index contributed by atoms with van der Waals surface area (Å²) in [5, 5.41) is 0. The molecule has 0 amide bonds. The molecule has 1 spiro atoms. The van der Waals surface area contributed by atoms with E-state index in [0.29, 0.717) is 25.1 Å². The number of hydrogen-bond acceptors (Lipinski definition) is 0. The van der Waals surface area contributed by atoms with Crippen LogP contribution in [-0.4, -0.2) is 6.93 Å². The van der Waals surface area contributed by atoms with Crippen molar-refractivity contribution in [3.63, 3.8) is 0 Å². The van der Waals surface area contributed by atoms with Crippen molar-refractivity contribution in [3.8, 4) is 0 Å². The molecular formula is C16H29I. The fourth-order valence-corrected chi connectivity index (χ4v) is 12.7. The van der Waals surface area contributed by atoms with Crippen molar-refractivity contribution in [3.05, 3.63) is 0 Å². The van der Waals surface area contributed by atoms with E-state index in [1.54, 1.807) is 0 Å². The first-order chi connectivity index (χ1) is 7.33. The Bertz CT molecular complexity index is 380. The van der Waals surface area contributed by atoms with E-state index in [2.05, 4.69) is 62.3 Å². The molecule has 0 radical (unpaired) electrons. The van der Waals surface area contributed by atoms with Crippen LogP contribution in [0.25, 0.3) is 0 Å². The maximum atomic E-state index is 2.56. The van der Waals surface area contributed by atoms with Crippen molar-refractivity contribution in [2.24, 2.45) is 21.7 Å². The van der Waals surface area contributed by atoms with Crippen molar-refractivity contribution in [1.82, 2.24) is 0 Å². The third kappa shape index (κ3) is 1.23. The third-order valence-electron chi connectivity index (χ3n) is 5.98. The van der Waals surface area contributed by atoms with Gasteiger partial charge in [-0.1, -0.05) is 55.4 Å². The molecule has 1 heterocycles. The molecule has 0 unspecified atom stereocenters. The smallest absolute Gasteiger partial charge is 0.0193 e. The normalized spacial score (nSPS) is 34.8. The predicted molar refractivity (Wildman–Crippen MR) is 87.2 cm³/mol. The molecule has 0 saturated heterocycles. The number of halogens is 1. The maximum absolute atomic E-state index is 2.56. The fourth-order valence-electron chi connectivity index (χ4n) is 7.03. The molecule has 0 aromatic rings. The zero-order valence-corrected chi connectivity index (χ0v) is 15.2. The van der Waals surface area contributed by atoms with Crippen molar-refractivity contribution < 1.29 is 0 Å². The second-order valence-corrected chi connectivity index (χ2v) is 13.3. The third-order valence-corrected chi connectivity index (χ3v) is 10.3. The first-order valence-electron chi connectivity index (χ1n) is 6.84. The van der Waals surface area contributed by atoms with E-state index in [9.17, 15) is 0 Å². The quantitative estimate of drug-likeness (QED) is 0.406. The highest BCUT2D eigenvalue weighted by atomic mass is 127. The van der Waals surface area contributed by atoms with E-state index >= 15 is 0 Å². The molecule has 0 atom stereocenters. The summed E-state index contributed by atoms with van der Waals surface area (Å²) in [4.78, 5) is 0. The lowest BCUT2D eigenvalue weighted by Gasteiger charge is -2.76. The molecule has 100 valence electrons. The van der Waals surface area contributed by atoms with E-state index in [1.165, 1.54) is 6.42 Å². The summed E-state index contributed by atoms with van der Waals surface area (Å²) >= 11 is 0.196. The first kappa shape index (κ1) is 14.0. The second-order valence-electron chi connectivity index (χ2n) is 8.42. The Hall–Kier alpha value is 0.600. The van der Waals surface area contributed by atoms with Gasteiger partial charge in [0.05, 0.1) is 0 Å². The van der Waals surface area contributed by atoms with Gasteiger partial charge in [0, 0.05) is 8.84 Å². The highest BCUT2D eigenvalue weighted by Crippen LogP contribution is 2.83. The molecular weight excluding hydrogens is 319 g/mol. The molecule has 1 saturated carbocycles. The number of hydrogen-bond donors (Lipinski definition) is 0. The van der Waals surface area contributed by atoms with E-state index in [1.807, 2.05) is 3.51 Å². The van der Waals surface area contributed by atoms with Crippen LogP contribution in [0.2, 0.25) is 0 Å². The molecule has 1 heteroatoms. The molecule has 1 aliphatic heterocycles. The van der Waals surface area contributed by atoms with Crippen molar-refractivity contribution in [1.29, 1.82) is 0 Å². The maximum Gasteiger partial charge on any atom is 0.0193 e. The summed E-state index contributed by atoms with van der Waals surface area (Å²) in [5.74, 6) is 0. The Morgan fingerprint density at radius 3 is 1.41 bits per heavy atom. The Kier molecular flexibility index (Phi) is 2.63. The highest BCUT2D eigenvalue weighted by Gasteiger charge is 2.77. The van der Waals surface area contributed by atoms with E-state index < -0.39 is 0 Å². The summed E-state index contributed by atoms with van der Waals surface area (Å²) in [6, 6.07) is 0. The van der Waals surface area contributed by atoms with E-state index in [0.717, 1.165) is 0 Å². The van der Waals surface area contributed by atoms with Crippen molar-refractivity contribution >= 4 is 24.2 Å². The number of rotatable bonds is 0. The van der Waals surface area contributed by atoms with Gasteiger partial charge in [0.2, 0.25) is 0 Å². The molecule has 0 aromatic heterocycles. The minimum absolute atomic E-state index is 0.196. The Morgan fingerprint density at radius 2 is 1.24 bits per heavy atom. The van der Waals surface area contributed by atoms with Crippen LogP contribution in [-0.2, 0) is 0 Å². The molecule has 2 rings (SSSR count). The lowest BCUT2D eigenvalue weighted by molar-refractivity contribution is -0.239. The molecule has 0 aromatic carbocycles. The first-order valence-corrected chi connectivity index (χ1v) is 8.99. The van der Waals surface area contributed by atoms with Gasteiger partial charge in [-0.3, -0.25) is 0 Å². The van der Waals surface area contributed by atoms with Gasteiger partial charge in [-0.25, -0.2) is 0 Å². The highest BCUT2D eigenvalue weighted by molar-refractivity contribution is 14.2. The van der Waals surface area contributed by atoms with E-state index in [4.69, 9.17) is 0 Å². The molecule has 1 aliphatic carbocycles. The molecule has 0 bridgehead atoms. The monoisotopic (exact) mass is 348 g/mol. The summed E-state index contributed by atoms with van der Waals surface area (Å²) in [6.45, 7) is 22.7. The summed E-state index contributed by atoms with van der Waals surface area (Å²) < 4.78 is 2.35. The lowest BCUT2D eigenvalue weighted by atomic mass is 9.29. The standard InChI is InChI=1S/C16H29I/c1-11-14(6,7)16(15(8,9)17-11)12(2,3)10-13(16,4)5/h10H2,1-9H3. The zero-order valence-electron chi connectivity index (χ0n) is 13.1. The largest absolute Gasteiger partial charge is 0.116 e. The van der Waals surface area contributed by atoms with Crippen molar-refractivity contribution in [2.75, 3.05) is 0 Å². The molecule has 1 fully saturated rings. The van der Waals surface area contributed by atoms with Gasteiger partial charge in [-0.05, 0) is 33.1 Å². The SMILES string of the molecule is CC1=IC(C)(C)C2(C(C)(C)CC2(C)C)C1(C)C. The Morgan fingerprint density at radius 1 is 0.824 bits per heavy atom. The second kappa shape index (κ2) is 3.19.